The molecule has 1 amide bonds. The van der Waals surface area contributed by atoms with E-state index in [0.29, 0.717) is 16.6 Å². The van der Waals surface area contributed by atoms with Gasteiger partial charge in [0.05, 0.1) is 12.1 Å². The molecule has 1 aromatic carbocycles. The second-order valence-corrected chi connectivity index (χ2v) is 7.28. The summed E-state index contributed by atoms with van der Waals surface area (Å²) < 4.78 is 5.26. The molecule has 0 spiro atoms. The number of aryl methyl sites for hydroxylation is 1. The third kappa shape index (κ3) is 6.08. The van der Waals surface area contributed by atoms with Gasteiger partial charge in [0.2, 0.25) is 11.9 Å². The highest BCUT2D eigenvalue weighted by Crippen LogP contribution is 2.16. The number of thiazole rings is 1. The molecule has 0 saturated heterocycles. The van der Waals surface area contributed by atoms with Crippen molar-refractivity contribution in [2.45, 2.75) is 20.0 Å². The van der Waals surface area contributed by atoms with E-state index in [2.05, 4.69) is 20.3 Å². The highest BCUT2D eigenvalue weighted by Gasteiger charge is 2.13. The van der Waals surface area contributed by atoms with Crippen LogP contribution in [-0.4, -0.2) is 40.4 Å². The quantitative estimate of drug-likeness (QED) is 0.569. The maximum atomic E-state index is 12.2. The van der Waals surface area contributed by atoms with Crippen LogP contribution in [0.15, 0.2) is 48.1 Å². The van der Waals surface area contributed by atoms with Gasteiger partial charge in [0.15, 0.2) is 0 Å². The number of para-hydroxylation sites is 1. The van der Waals surface area contributed by atoms with Crippen molar-refractivity contribution in [3.8, 4) is 0 Å². The molecule has 0 aliphatic heterocycles. The van der Waals surface area contributed by atoms with Crippen molar-refractivity contribution in [1.29, 1.82) is 0 Å². The van der Waals surface area contributed by atoms with Gasteiger partial charge in [0.25, 0.3) is 0 Å². The van der Waals surface area contributed by atoms with Crippen LogP contribution in [0.5, 0.6) is 0 Å². The van der Waals surface area contributed by atoms with Crippen molar-refractivity contribution in [2.75, 3.05) is 23.8 Å². The molecule has 3 rings (SSSR count). The van der Waals surface area contributed by atoms with Gasteiger partial charge in [0.1, 0.15) is 18.2 Å². The minimum absolute atomic E-state index is 0.0276. The standard InChI is InChI=1S/C20H21N5O3S/c1-14-6-3-4-7-16(14)24-17(26)10-18-23-15(13-29-18)12-28-19(27)11-25(2)20-21-8-5-9-22-20/h3-9,13H,10-12H2,1-2H3,(H,24,26). The van der Waals surface area contributed by atoms with Crippen LogP contribution >= 0.6 is 11.3 Å². The second kappa shape index (κ2) is 9.74. The number of benzene rings is 1. The average molecular weight is 411 g/mol. The molecule has 0 unspecified atom stereocenters. The molecule has 2 aromatic heterocycles. The molecule has 0 fully saturated rings. The fourth-order valence-electron chi connectivity index (χ4n) is 2.49. The van der Waals surface area contributed by atoms with Gasteiger partial charge in [-0.15, -0.1) is 11.3 Å². The Morgan fingerprint density at radius 1 is 1.17 bits per heavy atom. The van der Waals surface area contributed by atoms with Gasteiger partial charge in [0, 0.05) is 30.5 Å². The number of nitrogens with zero attached hydrogens (tertiary/aromatic N) is 4. The Morgan fingerprint density at radius 2 is 1.93 bits per heavy atom. The highest BCUT2D eigenvalue weighted by molar-refractivity contribution is 7.09. The fraction of sp³-hybridized carbons (Fsp3) is 0.250. The van der Waals surface area contributed by atoms with Gasteiger partial charge in [-0.05, 0) is 24.6 Å². The van der Waals surface area contributed by atoms with Crippen LogP contribution in [0.25, 0.3) is 0 Å². The van der Waals surface area contributed by atoms with Gasteiger partial charge >= 0.3 is 5.97 Å². The van der Waals surface area contributed by atoms with E-state index in [0.717, 1.165) is 11.3 Å². The number of carbonyl (C=O) groups excluding carboxylic acids is 2. The summed E-state index contributed by atoms with van der Waals surface area (Å²) in [6.45, 7) is 2.02. The highest BCUT2D eigenvalue weighted by atomic mass is 32.1. The maximum Gasteiger partial charge on any atom is 0.326 e. The van der Waals surface area contributed by atoms with E-state index >= 15 is 0 Å². The second-order valence-electron chi connectivity index (χ2n) is 6.34. The van der Waals surface area contributed by atoms with Crippen molar-refractivity contribution in [2.24, 2.45) is 0 Å². The van der Waals surface area contributed by atoms with E-state index in [4.69, 9.17) is 4.74 Å². The molecule has 0 atom stereocenters. The first kappa shape index (κ1) is 20.4. The monoisotopic (exact) mass is 411 g/mol. The summed E-state index contributed by atoms with van der Waals surface area (Å²) >= 11 is 1.36. The van der Waals surface area contributed by atoms with Crippen molar-refractivity contribution in [3.63, 3.8) is 0 Å². The van der Waals surface area contributed by atoms with Gasteiger partial charge in [-0.25, -0.2) is 15.0 Å². The number of carbonyl (C=O) groups is 2. The summed E-state index contributed by atoms with van der Waals surface area (Å²) in [5.41, 5.74) is 2.40. The first-order valence-electron chi connectivity index (χ1n) is 8.94. The fourth-order valence-corrected chi connectivity index (χ4v) is 3.27. The molecular weight excluding hydrogens is 390 g/mol. The zero-order valence-electron chi connectivity index (χ0n) is 16.2. The molecule has 0 bridgehead atoms. The zero-order chi connectivity index (χ0) is 20.6. The topological polar surface area (TPSA) is 97.3 Å². The Kier molecular flexibility index (Phi) is 6.85. The molecule has 1 N–H and O–H groups in total. The summed E-state index contributed by atoms with van der Waals surface area (Å²) in [7, 11) is 1.71. The number of hydrogen-bond donors (Lipinski definition) is 1. The summed E-state index contributed by atoms with van der Waals surface area (Å²) in [5, 5.41) is 5.33. The van der Waals surface area contributed by atoms with E-state index in [1.165, 1.54) is 11.3 Å². The van der Waals surface area contributed by atoms with Gasteiger partial charge in [-0.3, -0.25) is 9.59 Å². The molecule has 0 aliphatic carbocycles. The van der Waals surface area contributed by atoms with E-state index in [9.17, 15) is 9.59 Å². The van der Waals surface area contributed by atoms with Crippen LogP contribution in [0.4, 0.5) is 11.6 Å². The molecule has 9 heteroatoms. The third-order valence-electron chi connectivity index (χ3n) is 3.97. The number of aromatic nitrogens is 3. The third-order valence-corrected chi connectivity index (χ3v) is 4.87. The molecule has 3 aromatic rings. The number of rotatable bonds is 8. The Hall–Kier alpha value is -3.33. The number of amides is 1. The molecular formula is C20H21N5O3S. The number of nitrogens with one attached hydrogen (secondary N) is 1. The zero-order valence-corrected chi connectivity index (χ0v) is 17.0. The van der Waals surface area contributed by atoms with Crippen LogP contribution in [0.1, 0.15) is 16.3 Å². The lowest BCUT2D eigenvalue weighted by molar-refractivity contribution is -0.143. The number of likely N-dealkylation sites (N-methyl/N-ethyl adjacent to an activating group) is 1. The van der Waals surface area contributed by atoms with E-state index in [1.54, 1.807) is 35.8 Å². The predicted octanol–water partition coefficient (Wildman–Crippen LogP) is 2.60. The Bertz CT molecular complexity index is 977. The molecule has 8 nitrogen and oxygen atoms in total. The number of hydrogen-bond acceptors (Lipinski definition) is 8. The summed E-state index contributed by atoms with van der Waals surface area (Å²) in [6, 6.07) is 9.30. The predicted molar refractivity (Wildman–Crippen MR) is 111 cm³/mol. The van der Waals surface area contributed by atoms with Crippen molar-refractivity contribution in [1.82, 2.24) is 15.0 Å². The lowest BCUT2D eigenvalue weighted by Crippen LogP contribution is -2.28. The van der Waals surface area contributed by atoms with Gasteiger partial charge in [-0.2, -0.15) is 0 Å². The number of esters is 1. The van der Waals surface area contributed by atoms with Crippen molar-refractivity contribution >= 4 is 34.8 Å². The molecule has 150 valence electrons. The van der Waals surface area contributed by atoms with E-state index in [1.807, 2.05) is 31.2 Å². The molecule has 0 radical (unpaired) electrons. The van der Waals surface area contributed by atoms with Crippen LogP contribution < -0.4 is 10.2 Å². The largest absolute Gasteiger partial charge is 0.458 e. The SMILES string of the molecule is Cc1ccccc1NC(=O)Cc1nc(COC(=O)CN(C)c2ncccn2)cs1. The Morgan fingerprint density at radius 3 is 2.69 bits per heavy atom. The number of ether oxygens (including phenoxy) is 1. The molecule has 0 aliphatic rings. The van der Waals surface area contributed by atoms with Crippen LogP contribution in [0.3, 0.4) is 0 Å². The lowest BCUT2D eigenvalue weighted by atomic mass is 10.2. The molecule has 0 saturated carbocycles. The lowest BCUT2D eigenvalue weighted by Gasteiger charge is -2.15. The minimum Gasteiger partial charge on any atom is -0.458 e. The van der Waals surface area contributed by atoms with Crippen molar-refractivity contribution < 1.29 is 14.3 Å². The number of anilines is 2. The van der Waals surface area contributed by atoms with Crippen LogP contribution in [-0.2, 0) is 27.4 Å². The maximum absolute atomic E-state index is 12.2. The smallest absolute Gasteiger partial charge is 0.326 e. The summed E-state index contributed by atoms with van der Waals surface area (Å²) in [6.07, 6.45) is 3.38. The first-order valence-corrected chi connectivity index (χ1v) is 9.82. The van der Waals surface area contributed by atoms with Gasteiger partial charge < -0.3 is 15.0 Å². The molecule has 2 heterocycles. The summed E-state index contributed by atoms with van der Waals surface area (Å²) in [5.74, 6) is -0.103. The van der Waals surface area contributed by atoms with E-state index < -0.39 is 5.97 Å². The van der Waals surface area contributed by atoms with Crippen LogP contribution in [0, 0.1) is 6.92 Å². The molecule has 29 heavy (non-hydrogen) atoms. The Balaban J connectivity index is 1.45. The Labute approximate surface area is 172 Å². The normalized spacial score (nSPS) is 10.4. The first-order chi connectivity index (χ1) is 14.0. The summed E-state index contributed by atoms with van der Waals surface area (Å²) in [4.78, 5) is 38.3. The van der Waals surface area contributed by atoms with Gasteiger partial charge in [-0.1, -0.05) is 18.2 Å². The average Bonchev–Trinajstić information content (AvgIpc) is 3.16. The van der Waals surface area contributed by atoms with Crippen molar-refractivity contribution in [3.05, 3.63) is 64.4 Å². The minimum atomic E-state index is -0.410. The van der Waals surface area contributed by atoms with Crippen LogP contribution in [0.2, 0.25) is 0 Å². The van der Waals surface area contributed by atoms with E-state index in [-0.39, 0.29) is 25.5 Å².